The van der Waals surface area contributed by atoms with E-state index in [1.54, 1.807) is 12.4 Å². The Balaban J connectivity index is 1.44. The number of hydrogen-bond acceptors (Lipinski definition) is 6. The summed E-state index contributed by atoms with van der Waals surface area (Å²) in [5.74, 6) is 0.675. The largest absolute Gasteiger partial charge is 0.369 e. The molecule has 1 amide bonds. The maximum atomic E-state index is 12.7. The van der Waals surface area contributed by atoms with Gasteiger partial charge in [0.1, 0.15) is 11.5 Å². The molecule has 1 N–H and O–H groups in total. The van der Waals surface area contributed by atoms with Crippen LogP contribution < -0.4 is 5.32 Å². The first-order chi connectivity index (χ1) is 13.6. The number of benzene rings is 1. The van der Waals surface area contributed by atoms with E-state index in [1.807, 2.05) is 11.0 Å². The molecule has 0 atom stereocenters. The van der Waals surface area contributed by atoms with Crippen LogP contribution in [0.1, 0.15) is 22.5 Å². The molecule has 1 fully saturated rings. The monoisotopic (exact) mass is 382 g/mol. The predicted octanol–water partition coefficient (Wildman–Crippen LogP) is 1.80. The van der Waals surface area contributed by atoms with Gasteiger partial charge in [-0.3, -0.25) is 9.69 Å². The van der Waals surface area contributed by atoms with Crippen molar-refractivity contribution in [3.63, 3.8) is 0 Å². The molecule has 0 aliphatic carbocycles. The van der Waals surface area contributed by atoms with Crippen molar-refractivity contribution in [2.24, 2.45) is 0 Å². The van der Waals surface area contributed by atoms with Gasteiger partial charge in [-0.15, -0.1) is 0 Å². The van der Waals surface area contributed by atoms with Crippen molar-refractivity contribution in [3.8, 4) is 0 Å². The lowest BCUT2D eigenvalue weighted by Gasteiger charge is -2.34. The summed E-state index contributed by atoms with van der Waals surface area (Å²) >= 11 is 0. The summed E-state index contributed by atoms with van der Waals surface area (Å²) in [4.78, 5) is 27.7. The topological polar surface area (TPSA) is 64.6 Å². The molecule has 7 nitrogen and oxygen atoms in total. The average molecular weight is 383 g/mol. The van der Waals surface area contributed by atoms with E-state index in [9.17, 15) is 4.79 Å². The van der Waals surface area contributed by atoms with Crippen LogP contribution >= 0.6 is 0 Å². The van der Waals surface area contributed by atoms with Crippen LogP contribution in [0.4, 0.5) is 5.82 Å². The van der Waals surface area contributed by atoms with Crippen molar-refractivity contribution in [1.82, 2.24) is 24.7 Å². The van der Waals surface area contributed by atoms with Crippen LogP contribution in [0.3, 0.4) is 0 Å². The van der Waals surface area contributed by atoms with Crippen molar-refractivity contribution < 1.29 is 4.79 Å². The molecule has 7 heteroatoms. The fourth-order valence-electron chi connectivity index (χ4n) is 3.25. The SMILES string of the molecule is CN(C)CCCNc1cnc(C(=O)N2CCN(Cc3ccccc3)CC2)cn1. The summed E-state index contributed by atoms with van der Waals surface area (Å²) in [6.07, 6.45) is 4.25. The van der Waals surface area contributed by atoms with Crippen LogP contribution in [-0.2, 0) is 6.54 Å². The summed E-state index contributed by atoms with van der Waals surface area (Å²) in [6, 6.07) is 10.4. The van der Waals surface area contributed by atoms with Crippen molar-refractivity contribution >= 4 is 11.7 Å². The molecular weight excluding hydrogens is 352 g/mol. The fourth-order valence-corrected chi connectivity index (χ4v) is 3.25. The Bertz CT molecular complexity index is 726. The number of rotatable bonds is 8. The molecule has 2 aromatic rings. The van der Waals surface area contributed by atoms with Gasteiger partial charge in [0.05, 0.1) is 12.4 Å². The third kappa shape index (κ3) is 6.00. The Kier molecular flexibility index (Phi) is 7.33. The molecule has 28 heavy (non-hydrogen) atoms. The number of piperazine rings is 1. The maximum absolute atomic E-state index is 12.7. The minimum absolute atomic E-state index is 0.0361. The van der Waals surface area contributed by atoms with Crippen LogP contribution in [0.5, 0.6) is 0 Å². The van der Waals surface area contributed by atoms with E-state index in [4.69, 9.17) is 0 Å². The zero-order valence-electron chi connectivity index (χ0n) is 16.8. The van der Waals surface area contributed by atoms with Crippen molar-refractivity contribution in [1.29, 1.82) is 0 Å². The van der Waals surface area contributed by atoms with E-state index in [1.165, 1.54) is 5.56 Å². The van der Waals surface area contributed by atoms with Gasteiger partial charge in [-0.05, 0) is 32.6 Å². The summed E-state index contributed by atoms with van der Waals surface area (Å²) in [5, 5.41) is 3.24. The standard InChI is InChI=1S/C21H30N6O/c1-25(2)10-6-9-22-20-16-23-19(15-24-20)21(28)27-13-11-26(12-14-27)17-18-7-4-3-5-8-18/h3-5,7-8,15-16H,6,9-14,17H2,1-2H3,(H,22,24). The highest BCUT2D eigenvalue weighted by molar-refractivity contribution is 5.92. The van der Waals surface area contributed by atoms with Gasteiger partial charge in [0.15, 0.2) is 0 Å². The fraction of sp³-hybridized carbons (Fsp3) is 0.476. The smallest absolute Gasteiger partial charge is 0.274 e. The zero-order chi connectivity index (χ0) is 19.8. The molecule has 150 valence electrons. The van der Waals surface area contributed by atoms with Crippen molar-refractivity contribution in [2.45, 2.75) is 13.0 Å². The van der Waals surface area contributed by atoms with Gasteiger partial charge in [-0.25, -0.2) is 9.97 Å². The molecule has 0 saturated carbocycles. The molecule has 0 unspecified atom stereocenters. The highest BCUT2D eigenvalue weighted by atomic mass is 16.2. The van der Waals surface area contributed by atoms with Gasteiger partial charge in [0.25, 0.3) is 5.91 Å². The first-order valence-electron chi connectivity index (χ1n) is 9.88. The van der Waals surface area contributed by atoms with Gasteiger partial charge in [0, 0.05) is 39.3 Å². The summed E-state index contributed by atoms with van der Waals surface area (Å²) in [5.41, 5.74) is 1.72. The number of hydrogen-bond donors (Lipinski definition) is 1. The van der Waals surface area contributed by atoms with E-state index in [-0.39, 0.29) is 5.91 Å². The van der Waals surface area contributed by atoms with Crippen LogP contribution in [0.15, 0.2) is 42.7 Å². The van der Waals surface area contributed by atoms with Gasteiger partial charge in [0.2, 0.25) is 0 Å². The van der Waals surface area contributed by atoms with Crippen LogP contribution in [0.2, 0.25) is 0 Å². The number of carbonyl (C=O) groups is 1. The Labute approximate surface area is 167 Å². The third-order valence-corrected chi connectivity index (χ3v) is 4.87. The lowest BCUT2D eigenvalue weighted by molar-refractivity contribution is 0.0622. The number of anilines is 1. The number of nitrogens with one attached hydrogen (secondary N) is 1. The van der Waals surface area contributed by atoms with E-state index in [0.29, 0.717) is 11.5 Å². The van der Waals surface area contributed by atoms with E-state index in [2.05, 4.69) is 63.4 Å². The second kappa shape index (κ2) is 10.1. The van der Waals surface area contributed by atoms with Crippen molar-refractivity contribution in [2.75, 3.05) is 58.7 Å². The lowest BCUT2D eigenvalue weighted by atomic mass is 10.2. The van der Waals surface area contributed by atoms with E-state index < -0.39 is 0 Å². The highest BCUT2D eigenvalue weighted by Gasteiger charge is 2.23. The second-order valence-electron chi connectivity index (χ2n) is 7.42. The molecule has 1 aliphatic heterocycles. The first-order valence-corrected chi connectivity index (χ1v) is 9.88. The molecule has 1 saturated heterocycles. The Hall–Kier alpha value is -2.51. The summed E-state index contributed by atoms with van der Waals surface area (Å²) in [6.45, 7) is 5.97. The summed E-state index contributed by atoms with van der Waals surface area (Å²) in [7, 11) is 4.11. The molecule has 0 spiro atoms. The minimum atomic E-state index is -0.0361. The van der Waals surface area contributed by atoms with Crippen LogP contribution in [-0.4, -0.2) is 83.9 Å². The Morgan fingerprint density at radius 1 is 1.07 bits per heavy atom. The second-order valence-corrected chi connectivity index (χ2v) is 7.42. The van der Waals surface area contributed by atoms with Gasteiger partial charge >= 0.3 is 0 Å². The zero-order valence-corrected chi connectivity index (χ0v) is 16.8. The van der Waals surface area contributed by atoms with Gasteiger partial charge in [-0.2, -0.15) is 0 Å². The highest BCUT2D eigenvalue weighted by Crippen LogP contribution is 2.11. The maximum Gasteiger partial charge on any atom is 0.274 e. The average Bonchev–Trinajstić information content (AvgIpc) is 2.72. The molecule has 3 rings (SSSR count). The van der Waals surface area contributed by atoms with Crippen LogP contribution in [0, 0.1) is 0 Å². The van der Waals surface area contributed by atoms with E-state index in [0.717, 1.165) is 52.2 Å². The van der Waals surface area contributed by atoms with E-state index >= 15 is 0 Å². The van der Waals surface area contributed by atoms with Crippen molar-refractivity contribution in [3.05, 3.63) is 54.0 Å². The molecule has 0 bridgehead atoms. The third-order valence-electron chi connectivity index (χ3n) is 4.87. The molecular formula is C21H30N6O. The number of nitrogens with zero attached hydrogens (tertiary/aromatic N) is 5. The molecule has 1 aromatic heterocycles. The minimum Gasteiger partial charge on any atom is -0.369 e. The number of carbonyl (C=O) groups excluding carboxylic acids is 1. The number of aromatic nitrogens is 2. The Morgan fingerprint density at radius 3 is 2.46 bits per heavy atom. The number of amides is 1. The molecule has 1 aliphatic rings. The molecule has 2 heterocycles. The molecule has 0 radical (unpaired) electrons. The molecule has 1 aromatic carbocycles. The van der Waals surface area contributed by atoms with Gasteiger partial charge < -0.3 is 15.1 Å². The quantitative estimate of drug-likeness (QED) is 0.703. The first kappa shape index (κ1) is 20.2. The Morgan fingerprint density at radius 2 is 1.82 bits per heavy atom. The predicted molar refractivity (Wildman–Crippen MR) is 111 cm³/mol. The lowest BCUT2D eigenvalue weighted by Crippen LogP contribution is -2.48. The van der Waals surface area contributed by atoms with Crippen LogP contribution in [0.25, 0.3) is 0 Å². The normalized spacial score (nSPS) is 15.0. The summed E-state index contributed by atoms with van der Waals surface area (Å²) < 4.78 is 0. The van der Waals surface area contributed by atoms with Gasteiger partial charge in [-0.1, -0.05) is 30.3 Å².